The minimum absolute atomic E-state index is 0.0951. The van der Waals surface area contributed by atoms with Gasteiger partial charge in [-0.3, -0.25) is 4.79 Å². The number of anilines is 1. The van der Waals surface area contributed by atoms with Crippen molar-refractivity contribution in [3.63, 3.8) is 0 Å². The second-order valence-corrected chi connectivity index (χ2v) is 8.21. The van der Waals surface area contributed by atoms with Crippen molar-refractivity contribution < 1.29 is 14.3 Å². The summed E-state index contributed by atoms with van der Waals surface area (Å²) < 4.78 is 12.6. The summed E-state index contributed by atoms with van der Waals surface area (Å²) in [6.45, 7) is 6.98. The van der Waals surface area contributed by atoms with Gasteiger partial charge in [0, 0.05) is 12.6 Å². The Labute approximate surface area is 185 Å². The van der Waals surface area contributed by atoms with Crippen LogP contribution >= 0.6 is 11.8 Å². The van der Waals surface area contributed by atoms with Crippen LogP contribution < -0.4 is 20.1 Å². The van der Waals surface area contributed by atoms with E-state index in [1.54, 1.807) is 41.9 Å². The molecule has 0 bridgehead atoms. The van der Waals surface area contributed by atoms with Crippen LogP contribution in [0.25, 0.3) is 11.0 Å². The maximum absolute atomic E-state index is 12.2. The van der Waals surface area contributed by atoms with Crippen molar-refractivity contribution in [1.29, 1.82) is 0 Å². The Morgan fingerprint density at radius 2 is 2.00 bits per heavy atom. The second-order valence-electron chi connectivity index (χ2n) is 6.98. The highest BCUT2D eigenvalue weighted by Gasteiger charge is 2.14. The number of fused-ring (bicyclic) bond motifs is 1. The molecule has 0 atom stereocenters. The molecule has 166 valence electrons. The molecule has 2 heterocycles. The first-order chi connectivity index (χ1) is 15.0. The van der Waals surface area contributed by atoms with E-state index in [0.717, 1.165) is 22.6 Å². The van der Waals surface area contributed by atoms with Crippen LogP contribution in [0.3, 0.4) is 0 Å². The molecule has 1 amide bonds. The molecule has 31 heavy (non-hydrogen) atoms. The molecule has 0 aliphatic heterocycles. The number of thioether (sulfide) groups is 1. The van der Waals surface area contributed by atoms with Gasteiger partial charge in [-0.15, -0.1) is 0 Å². The van der Waals surface area contributed by atoms with Crippen LogP contribution in [0.1, 0.15) is 20.8 Å². The van der Waals surface area contributed by atoms with Gasteiger partial charge in [0.2, 0.25) is 0 Å². The topological polar surface area (TPSA) is 103 Å². The van der Waals surface area contributed by atoms with Crippen LogP contribution in [0.2, 0.25) is 0 Å². The third-order valence-electron chi connectivity index (χ3n) is 4.25. The van der Waals surface area contributed by atoms with Crippen molar-refractivity contribution in [2.45, 2.75) is 38.5 Å². The van der Waals surface area contributed by atoms with Crippen LogP contribution in [0.15, 0.2) is 35.6 Å². The summed E-state index contributed by atoms with van der Waals surface area (Å²) in [6, 6.07) is 7.45. The van der Waals surface area contributed by atoms with E-state index in [1.165, 1.54) is 0 Å². The van der Waals surface area contributed by atoms with Gasteiger partial charge < -0.3 is 20.1 Å². The Hall–Kier alpha value is -3.01. The zero-order chi connectivity index (χ0) is 22.2. The maximum Gasteiger partial charge on any atom is 0.258 e. The molecule has 10 heteroatoms. The molecule has 0 saturated heterocycles. The molecule has 2 N–H and O–H groups in total. The highest BCUT2D eigenvalue weighted by atomic mass is 32.2. The molecule has 9 nitrogen and oxygen atoms in total. The first-order valence-corrected chi connectivity index (χ1v) is 11.2. The highest BCUT2D eigenvalue weighted by Crippen LogP contribution is 2.26. The van der Waals surface area contributed by atoms with E-state index in [2.05, 4.69) is 46.5 Å². The lowest BCUT2D eigenvalue weighted by atomic mass is 10.3. The molecule has 2 aromatic heterocycles. The molecular weight excluding hydrogens is 416 g/mol. The van der Waals surface area contributed by atoms with Gasteiger partial charge in [0.15, 0.2) is 28.9 Å². The van der Waals surface area contributed by atoms with E-state index in [9.17, 15) is 4.79 Å². The standard InChI is InChI=1S/C21H28N6O3S/c1-5-31-21-25-19(24-14(2)3)15-12-23-27(20(15)26-21)11-10-22-18(28)13-30-17-9-7-6-8-16(17)29-4/h6-9,12,14H,5,10-11,13H2,1-4H3,(H,22,28)(H,24,25,26). The molecule has 0 aliphatic carbocycles. The van der Waals surface area contributed by atoms with Gasteiger partial charge in [0.25, 0.3) is 5.91 Å². The maximum atomic E-state index is 12.2. The monoisotopic (exact) mass is 444 g/mol. The third kappa shape index (κ3) is 6.00. The van der Waals surface area contributed by atoms with Crippen LogP contribution in [0.5, 0.6) is 11.5 Å². The van der Waals surface area contributed by atoms with Gasteiger partial charge in [-0.1, -0.05) is 30.8 Å². The number of methoxy groups -OCH3 is 1. The first kappa shape index (κ1) is 22.7. The smallest absolute Gasteiger partial charge is 0.258 e. The Bertz CT molecular complexity index is 1020. The number of amides is 1. The fraction of sp³-hybridized carbons (Fsp3) is 0.429. The Balaban J connectivity index is 1.61. The molecule has 0 radical (unpaired) electrons. The van der Waals surface area contributed by atoms with Crippen LogP contribution in [-0.4, -0.2) is 57.7 Å². The summed E-state index contributed by atoms with van der Waals surface area (Å²) in [5.74, 6) is 2.55. The lowest BCUT2D eigenvalue weighted by Gasteiger charge is -2.12. The number of nitrogens with one attached hydrogen (secondary N) is 2. The minimum Gasteiger partial charge on any atom is -0.493 e. The number of aromatic nitrogens is 4. The van der Waals surface area contributed by atoms with E-state index in [4.69, 9.17) is 9.47 Å². The predicted octanol–water partition coefficient (Wildman–Crippen LogP) is 2.96. The zero-order valence-corrected chi connectivity index (χ0v) is 19.0. The fourth-order valence-corrected chi connectivity index (χ4v) is 3.47. The van der Waals surface area contributed by atoms with Gasteiger partial charge >= 0.3 is 0 Å². The summed E-state index contributed by atoms with van der Waals surface area (Å²) in [6.07, 6.45) is 1.76. The summed E-state index contributed by atoms with van der Waals surface area (Å²) in [7, 11) is 1.56. The summed E-state index contributed by atoms with van der Waals surface area (Å²) in [5.41, 5.74) is 0.744. The van der Waals surface area contributed by atoms with E-state index >= 15 is 0 Å². The molecular formula is C21H28N6O3S. The van der Waals surface area contributed by atoms with Crippen molar-refractivity contribution in [1.82, 2.24) is 25.1 Å². The minimum atomic E-state index is -0.221. The van der Waals surface area contributed by atoms with Crippen LogP contribution in [0.4, 0.5) is 5.82 Å². The number of carbonyl (C=O) groups is 1. The lowest BCUT2D eigenvalue weighted by Crippen LogP contribution is -2.31. The molecule has 0 saturated carbocycles. The SMILES string of the molecule is CCSc1nc(NC(C)C)c2cnn(CCNC(=O)COc3ccccc3OC)c2n1. The Morgan fingerprint density at radius 3 is 2.71 bits per heavy atom. The molecule has 0 unspecified atom stereocenters. The van der Waals surface area contributed by atoms with Gasteiger partial charge in [-0.05, 0) is 31.7 Å². The number of hydrogen-bond donors (Lipinski definition) is 2. The molecule has 0 fully saturated rings. The average molecular weight is 445 g/mol. The van der Waals surface area contributed by atoms with E-state index < -0.39 is 0 Å². The van der Waals surface area contributed by atoms with Crippen molar-refractivity contribution in [2.24, 2.45) is 0 Å². The number of nitrogens with zero attached hydrogens (tertiary/aromatic N) is 4. The lowest BCUT2D eigenvalue weighted by molar-refractivity contribution is -0.123. The first-order valence-electron chi connectivity index (χ1n) is 10.2. The Kier molecular flexibility index (Phi) is 7.94. The van der Waals surface area contributed by atoms with Crippen molar-refractivity contribution in [3.05, 3.63) is 30.5 Å². The number of carbonyl (C=O) groups excluding carboxylic acids is 1. The van der Waals surface area contributed by atoms with Crippen molar-refractivity contribution in [3.8, 4) is 11.5 Å². The number of hydrogen-bond acceptors (Lipinski definition) is 8. The van der Waals surface area contributed by atoms with E-state index in [-0.39, 0.29) is 18.6 Å². The average Bonchev–Trinajstić information content (AvgIpc) is 3.15. The fourth-order valence-electron chi connectivity index (χ4n) is 2.91. The van der Waals surface area contributed by atoms with Crippen LogP contribution in [0, 0.1) is 0 Å². The molecule has 3 rings (SSSR count). The third-order valence-corrected chi connectivity index (χ3v) is 4.98. The van der Waals surface area contributed by atoms with Crippen molar-refractivity contribution >= 4 is 34.5 Å². The largest absolute Gasteiger partial charge is 0.493 e. The molecule has 0 aliphatic rings. The van der Waals surface area contributed by atoms with Crippen LogP contribution in [-0.2, 0) is 11.3 Å². The quantitative estimate of drug-likeness (QED) is 0.344. The number of benzene rings is 1. The predicted molar refractivity (Wildman–Crippen MR) is 122 cm³/mol. The van der Waals surface area contributed by atoms with E-state index in [1.807, 2.05) is 12.1 Å². The van der Waals surface area contributed by atoms with Gasteiger partial charge in [-0.2, -0.15) is 5.10 Å². The molecule has 3 aromatic rings. The second kappa shape index (κ2) is 10.9. The number of rotatable bonds is 11. The summed E-state index contributed by atoms with van der Waals surface area (Å²) in [5, 5.41) is 12.2. The molecule has 1 aromatic carbocycles. The number of ether oxygens (including phenoxy) is 2. The molecule has 0 spiro atoms. The Morgan fingerprint density at radius 1 is 1.23 bits per heavy atom. The van der Waals surface area contributed by atoms with Gasteiger partial charge in [-0.25, -0.2) is 14.6 Å². The summed E-state index contributed by atoms with van der Waals surface area (Å²) in [4.78, 5) is 21.4. The summed E-state index contributed by atoms with van der Waals surface area (Å²) >= 11 is 1.58. The van der Waals surface area contributed by atoms with Gasteiger partial charge in [0.05, 0.1) is 25.2 Å². The number of para-hydroxylation sites is 2. The van der Waals surface area contributed by atoms with Gasteiger partial charge in [0.1, 0.15) is 5.82 Å². The highest BCUT2D eigenvalue weighted by molar-refractivity contribution is 7.99. The normalized spacial score (nSPS) is 11.0. The van der Waals surface area contributed by atoms with Crippen molar-refractivity contribution in [2.75, 3.05) is 31.3 Å². The zero-order valence-electron chi connectivity index (χ0n) is 18.2. The van der Waals surface area contributed by atoms with E-state index in [0.29, 0.717) is 29.7 Å².